The number of aryl methyl sites for hydroxylation is 4. The van der Waals surface area contributed by atoms with Crippen molar-refractivity contribution < 1.29 is 13.5 Å². The Bertz CT molecular complexity index is 817. The van der Waals surface area contributed by atoms with Crippen molar-refractivity contribution in [1.82, 2.24) is 0 Å². The summed E-state index contributed by atoms with van der Waals surface area (Å²) >= 11 is 0. The van der Waals surface area contributed by atoms with Gasteiger partial charge in [0.1, 0.15) is 0 Å². The molecule has 0 N–H and O–H groups in total. The van der Waals surface area contributed by atoms with Crippen LogP contribution in [-0.2, 0) is 0 Å². The number of hydrogen-bond donors (Lipinski definition) is 0. The van der Waals surface area contributed by atoms with Gasteiger partial charge < -0.3 is 0 Å². The Morgan fingerprint density at radius 1 is 0.386 bits per heavy atom. The fourth-order valence-electron chi connectivity index (χ4n) is 5.66. The van der Waals surface area contributed by atoms with Gasteiger partial charge in [0.25, 0.3) is 0 Å². The molecular weight excluding hydrogens is 549 g/mol. The highest BCUT2D eigenvalue weighted by molar-refractivity contribution is 5.24. The number of halogens is 3. The lowest BCUT2D eigenvalue weighted by Gasteiger charge is -2.22. The summed E-state index contributed by atoms with van der Waals surface area (Å²) in [5, 5.41) is 0. The molecule has 2 aromatic rings. The van der Waals surface area contributed by atoms with Crippen LogP contribution in [0.3, 0.4) is 0 Å². The van der Waals surface area contributed by atoms with Crippen molar-refractivity contribution in [2.45, 2.75) is 154 Å². The highest BCUT2D eigenvalue weighted by Crippen LogP contribution is 2.28. The molecule has 0 amide bonds. The standard InChI is InChI=1S/C8H8F2.3C8H16.C8H10.CH4.FH/c1-5-3-4-6(2)8(10)7(5)9;4*1-7-3-5-8(2)6-4-7;;/h3-4H,1-2H3;3*7-8H,3-6H2,1-2H3;3-6H,1-2H3;1H4;1H. The van der Waals surface area contributed by atoms with Gasteiger partial charge in [-0.3, -0.25) is 4.70 Å². The first kappa shape index (κ1) is 44.4. The van der Waals surface area contributed by atoms with E-state index in [1.165, 1.54) is 102 Å². The van der Waals surface area contributed by atoms with Gasteiger partial charge in [0.15, 0.2) is 11.6 Å². The Hall–Kier alpha value is -1.77. The summed E-state index contributed by atoms with van der Waals surface area (Å²) in [6.45, 7) is 21.5. The third-order valence-electron chi connectivity index (χ3n) is 9.60. The average molecular weight is 621 g/mol. The van der Waals surface area contributed by atoms with Gasteiger partial charge in [0.05, 0.1) is 0 Å². The van der Waals surface area contributed by atoms with E-state index < -0.39 is 11.6 Å². The molecule has 0 heterocycles. The molecule has 0 spiro atoms. The highest BCUT2D eigenvalue weighted by Gasteiger charge is 2.14. The van der Waals surface area contributed by atoms with Gasteiger partial charge in [0.2, 0.25) is 0 Å². The minimum absolute atomic E-state index is 0. The molecule has 0 bridgehead atoms. The van der Waals surface area contributed by atoms with Crippen molar-refractivity contribution in [1.29, 1.82) is 0 Å². The van der Waals surface area contributed by atoms with Gasteiger partial charge in [-0.15, -0.1) is 0 Å². The van der Waals surface area contributed by atoms with E-state index in [1.807, 2.05) is 0 Å². The molecule has 5 rings (SSSR count). The number of hydrogen-bond acceptors (Lipinski definition) is 0. The molecule has 44 heavy (non-hydrogen) atoms. The Labute approximate surface area is 272 Å². The maximum absolute atomic E-state index is 12.6. The predicted octanol–water partition coefficient (Wildman–Crippen LogP) is 14.2. The minimum Gasteiger partial charge on any atom is -0.269 e. The van der Waals surface area contributed by atoms with E-state index >= 15 is 0 Å². The summed E-state index contributed by atoms with van der Waals surface area (Å²) in [4.78, 5) is 0. The molecule has 256 valence electrons. The second-order valence-corrected chi connectivity index (χ2v) is 14.6. The third kappa shape index (κ3) is 20.3. The molecule has 3 aliphatic rings. The molecule has 0 saturated heterocycles. The monoisotopic (exact) mass is 621 g/mol. The SMILES string of the molecule is C.CC1CCC(C)CC1.CC1CCC(C)CC1.CC1CCC(C)CC1.Cc1ccc(C)c(F)c1F.Cc1ccc(C)cc1.F. The Balaban J connectivity index is 0. The second kappa shape index (κ2) is 24.5. The quantitative estimate of drug-likeness (QED) is 0.275. The Morgan fingerprint density at radius 3 is 0.705 bits per heavy atom. The van der Waals surface area contributed by atoms with E-state index in [-0.39, 0.29) is 12.1 Å². The van der Waals surface area contributed by atoms with Crippen LogP contribution in [0.5, 0.6) is 0 Å². The Kier molecular flexibility index (Phi) is 24.7. The average Bonchev–Trinajstić information content (AvgIpc) is 2.97. The minimum atomic E-state index is -0.736. The molecule has 0 nitrogen and oxygen atoms in total. The predicted molar refractivity (Wildman–Crippen MR) is 191 cm³/mol. The highest BCUT2D eigenvalue weighted by atomic mass is 19.2. The van der Waals surface area contributed by atoms with Crippen LogP contribution in [0.4, 0.5) is 13.5 Å². The number of benzene rings is 2. The van der Waals surface area contributed by atoms with Gasteiger partial charge >= 0.3 is 0 Å². The van der Waals surface area contributed by atoms with Gasteiger partial charge in [-0.05, 0) is 74.3 Å². The lowest BCUT2D eigenvalue weighted by Crippen LogP contribution is -2.08. The van der Waals surface area contributed by atoms with Crippen LogP contribution in [0, 0.1) is 74.8 Å². The van der Waals surface area contributed by atoms with Crippen molar-refractivity contribution >= 4 is 0 Å². The van der Waals surface area contributed by atoms with Crippen LogP contribution < -0.4 is 0 Å². The Morgan fingerprint density at radius 2 is 0.545 bits per heavy atom. The first-order valence-electron chi connectivity index (χ1n) is 17.2. The summed E-state index contributed by atoms with van der Waals surface area (Å²) in [7, 11) is 0. The zero-order valence-electron chi connectivity index (χ0n) is 29.6. The maximum atomic E-state index is 12.6. The fourth-order valence-corrected chi connectivity index (χ4v) is 5.66. The van der Waals surface area contributed by atoms with E-state index in [9.17, 15) is 8.78 Å². The van der Waals surface area contributed by atoms with E-state index in [4.69, 9.17) is 0 Å². The van der Waals surface area contributed by atoms with Crippen LogP contribution in [0.2, 0.25) is 0 Å². The maximum Gasteiger partial charge on any atom is 0.161 e. The first-order chi connectivity index (χ1) is 19.8. The summed E-state index contributed by atoms with van der Waals surface area (Å²) < 4.78 is 25.2. The van der Waals surface area contributed by atoms with E-state index in [0.29, 0.717) is 11.1 Å². The van der Waals surface area contributed by atoms with Crippen molar-refractivity contribution in [2.75, 3.05) is 0 Å². The molecule has 0 aromatic heterocycles. The van der Waals surface area contributed by atoms with Crippen LogP contribution in [0.1, 0.15) is 148 Å². The normalized spacial score (nSPS) is 25.6. The molecule has 3 saturated carbocycles. The summed E-state index contributed by atoms with van der Waals surface area (Å²) in [6, 6.07) is 11.6. The van der Waals surface area contributed by atoms with Gasteiger partial charge in [-0.1, -0.05) is 174 Å². The van der Waals surface area contributed by atoms with E-state index in [2.05, 4.69) is 79.7 Å². The molecule has 3 fully saturated rings. The first-order valence-corrected chi connectivity index (χ1v) is 17.2. The topological polar surface area (TPSA) is 0 Å². The van der Waals surface area contributed by atoms with Crippen LogP contribution in [0.25, 0.3) is 0 Å². The lowest BCUT2D eigenvalue weighted by atomic mass is 9.84. The molecule has 0 radical (unpaired) electrons. The lowest BCUT2D eigenvalue weighted by molar-refractivity contribution is 0.308. The summed E-state index contributed by atoms with van der Waals surface area (Å²) in [6.07, 6.45) is 17.7. The van der Waals surface area contributed by atoms with Crippen LogP contribution >= 0.6 is 0 Å². The van der Waals surface area contributed by atoms with Crippen LogP contribution in [-0.4, -0.2) is 0 Å². The molecule has 0 aliphatic heterocycles. The van der Waals surface area contributed by atoms with E-state index in [1.54, 1.807) is 12.1 Å². The van der Waals surface area contributed by atoms with Gasteiger partial charge in [-0.2, -0.15) is 0 Å². The van der Waals surface area contributed by atoms with Crippen molar-refractivity contribution in [3.05, 3.63) is 70.3 Å². The van der Waals surface area contributed by atoms with Crippen molar-refractivity contribution in [2.24, 2.45) is 35.5 Å². The molecule has 0 unspecified atom stereocenters. The smallest absolute Gasteiger partial charge is 0.161 e. The second-order valence-electron chi connectivity index (χ2n) is 14.6. The zero-order chi connectivity index (χ0) is 31.7. The molecule has 3 heteroatoms. The molecule has 3 aliphatic carbocycles. The largest absolute Gasteiger partial charge is 0.269 e. The van der Waals surface area contributed by atoms with Gasteiger partial charge in [0, 0.05) is 0 Å². The third-order valence-corrected chi connectivity index (χ3v) is 9.60. The van der Waals surface area contributed by atoms with E-state index in [0.717, 1.165) is 35.5 Å². The molecule has 0 atom stereocenters. The van der Waals surface area contributed by atoms with Crippen molar-refractivity contribution in [3.8, 4) is 0 Å². The fraction of sp³-hybridized carbons (Fsp3) is 0.707. The zero-order valence-corrected chi connectivity index (χ0v) is 29.6. The summed E-state index contributed by atoms with van der Waals surface area (Å²) in [5.74, 6) is 4.65. The number of rotatable bonds is 0. The van der Waals surface area contributed by atoms with Gasteiger partial charge in [-0.25, -0.2) is 8.78 Å². The van der Waals surface area contributed by atoms with Crippen LogP contribution in [0.15, 0.2) is 36.4 Å². The van der Waals surface area contributed by atoms with Crippen molar-refractivity contribution in [3.63, 3.8) is 0 Å². The molecular formula is C41H71F3. The summed E-state index contributed by atoms with van der Waals surface area (Å²) in [5.41, 5.74) is 3.36. The molecule has 2 aromatic carbocycles.